The predicted molar refractivity (Wildman–Crippen MR) is 113 cm³/mol. The van der Waals surface area contributed by atoms with E-state index in [9.17, 15) is 8.78 Å². The van der Waals surface area contributed by atoms with Gasteiger partial charge in [0.2, 0.25) is 5.88 Å². The number of aliphatic imine (C=N–C) groups is 1. The van der Waals surface area contributed by atoms with Crippen LogP contribution in [-0.4, -0.2) is 36.3 Å². The van der Waals surface area contributed by atoms with E-state index in [1.165, 1.54) is 13.8 Å². The van der Waals surface area contributed by atoms with Gasteiger partial charge < -0.3 is 15.4 Å². The van der Waals surface area contributed by atoms with Gasteiger partial charge in [0.15, 0.2) is 0 Å². The highest BCUT2D eigenvalue weighted by atomic mass is 19.3. The third-order valence-electron chi connectivity index (χ3n) is 4.80. The van der Waals surface area contributed by atoms with E-state index in [0.717, 1.165) is 22.4 Å². The molecule has 1 aliphatic rings. The number of pyridine rings is 1. The molecule has 0 fully saturated rings. The van der Waals surface area contributed by atoms with Crippen molar-refractivity contribution in [1.82, 2.24) is 15.6 Å². The molecule has 29 heavy (non-hydrogen) atoms. The summed E-state index contributed by atoms with van der Waals surface area (Å²) in [5, 5.41) is 6.49. The number of nitrogens with one attached hydrogen (secondary N) is 2. The van der Waals surface area contributed by atoms with Crippen LogP contribution in [0.3, 0.4) is 0 Å². The second-order valence-electron chi connectivity index (χ2n) is 7.29. The van der Waals surface area contributed by atoms with Gasteiger partial charge in [-0.1, -0.05) is 20.4 Å². The third kappa shape index (κ3) is 6.22. The third-order valence-corrected chi connectivity index (χ3v) is 4.80. The number of hydrogen-bond donors (Lipinski definition) is 2. The number of likely N-dealkylation sites (N-methyl/N-ethyl adjacent to an activating group) is 1. The lowest BCUT2D eigenvalue weighted by atomic mass is 10.0. The lowest BCUT2D eigenvalue weighted by Crippen LogP contribution is -2.31. The molecule has 0 spiro atoms. The van der Waals surface area contributed by atoms with Gasteiger partial charge in [-0.25, -0.2) is 13.8 Å². The molecule has 1 atom stereocenters. The van der Waals surface area contributed by atoms with Gasteiger partial charge in [-0.15, -0.1) is 0 Å². The van der Waals surface area contributed by atoms with Gasteiger partial charge in [-0.05, 0) is 37.8 Å². The minimum Gasteiger partial charge on any atom is -0.477 e. The number of rotatable bonds is 10. The van der Waals surface area contributed by atoms with Gasteiger partial charge in [0, 0.05) is 48.6 Å². The summed E-state index contributed by atoms with van der Waals surface area (Å²) in [6.07, 6.45) is 8.74. The molecule has 2 N–H and O–H groups in total. The average Bonchev–Trinajstić information content (AvgIpc) is 2.69. The highest BCUT2D eigenvalue weighted by Crippen LogP contribution is 2.28. The van der Waals surface area contributed by atoms with Crippen LogP contribution in [0.25, 0.3) is 0 Å². The van der Waals surface area contributed by atoms with E-state index in [1.54, 1.807) is 18.5 Å². The molecule has 0 saturated carbocycles. The van der Waals surface area contributed by atoms with Crippen LogP contribution < -0.4 is 15.4 Å². The number of aromatic nitrogens is 1. The zero-order chi connectivity index (χ0) is 21.4. The van der Waals surface area contributed by atoms with Crippen molar-refractivity contribution in [3.8, 4) is 5.88 Å². The van der Waals surface area contributed by atoms with Crippen molar-refractivity contribution in [1.29, 1.82) is 0 Å². The largest absolute Gasteiger partial charge is 0.477 e. The van der Waals surface area contributed by atoms with Crippen LogP contribution in [0.4, 0.5) is 8.78 Å². The summed E-state index contributed by atoms with van der Waals surface area (Å²) < 4.78 is 32.8. The van der Waals surface area contributed by atoms with Crippen LogP contribution >= 0.6 is 0 Å². The quantitative estimate of drug-likeness (QED) is 0.615. The van der Waals surface area contributed by atoms with Crippen LogP contribution in [0.1, 0.15) is 31.4 Å². The molecule has 2 heterocycles. The normalized spacial score (nSPS) is 18.1. The predicted octanol–water partition coefficient (Wildman–Crippen LogP) is 4.17. The first kappa shape index (κ1) is 22.7. The molecule has 5 nitrogen and oxygen atoms in total. The zero-order valence-electron chi connectivity index (χ0n) is 17.5. The lowest BCUT2D eigenvalue weighted by Gasteiger charge is -2.20. The number of ether oxygens (including phenoxy) is 1. The Balaban J connectivity index is 1.94. The van der Waals surface area contributed by atoms with E-state index < -0.39 is 11.8 Å². The van der Waals surface area contributed by atoms with Gasteiger partial charge in [0.05, 0.1) is 18.4 Å². The van der Waals surface area contributed by atoms with E-state index in [1.807, 2.05) is 32.3 Å². The summed E-state index contributed by atoms with van der Waals surface area (Å²) in [4.78, 5) is 8.60. The van der Waals surface area contributed by atoms with E-state index in [0.29, 0.717) is 12.4 Å². The van der Waals surface area contributed by atoms with Crippen molar-refractivity contribution in [2.45, 2.75) is 45.7 Å². The van der Waals surface area contributed by atoms with Gasteiger partial charge >= 0.3 is 0 Å². The molecule has 7 heteroatoms. The van der Waals surface area contributed by atoms with Gasteiger partial charge in [0.1, 0.15) is 0 Å². The Kier molecular flexibility index (Phi) is 8.08. The summed E-state index contributed by atoms with van der Waals surface area (Å²) in [5.41, 5.74) is 3.59. The molecule has 158 valence electrons. The number of aryl methyl sites for hydroxylation is 1. The Morgan fingerprint density at radius 1 is 1.38 bits per heavy atom. The smallest absolute Gasteiger partial charge is 0.253 e. The minimum absolute atomic E-state index is 0.0626. The fraction of sp³-hybridized carbons (Fsp3) is 0.455. The first-order chi connectivity index (χ1) is 13.8. The minimum atomic E-state index is -2.74. The van der Waals surface area contributed by atoms with E-state index in [4.69, 9.17) is 4.74 Å². The Morgan fingerprint density at radius 2 is 2.14 bits per heavy atom. The van der Waals surface area contributed by atoms with Crippen LogP contribution in [0.2, 0.25) is 0 Å². The molecule has 0 saturated heterocycles. The standard InChI is InChI=1S/C22H30F2N4O/c1-6-19-18(20(25-5)7-9-27-19)14-26-12-17-11-16(4)21(28-13-17)29-10-8-22(23,24)15(2)3/h6-7,9,11,13-15,20,25-26H,1,8,10,12H2,2-5H3/b18-14-. The number of allylic oxidation sites excluding steroid dienone is 1. The van der Waals surface area contributed by atoms with Crippen LogP contribution in [0.5, 0.6) is 5.88 Å². The van der Waals surface area contributed by atoms with Crippen molar-refractivity contribution in [3.63, 3.8) is 0 Å². The topological polar surface area (TPSA) is 58.5 Å². The SMILES string of the molecule is C=CC1=NC=CC(NC)/C1=C\NCc1cnc(OCCC(F)(F)C(C)C)c(C)c1. The van der Waals surface area contributed by atoms with Gasteiger partial charge in [0.25, 0.3) is 5.92 Å². The summed E-state index contributed by atoms with van der Waals surface area (Å²) in [6.45, 7) is 9.18. The summed E-state index contributed by atoms with van der Waals surface area (Å²) >= 11 is 0. The lowest BCUT2D eigenvalue weighted by molar-refractivity contribution is -0.0606. The van der Waals surface area contributed by atoms with Crippen molar-refractivity contribution in [3.05, 3.63) is 60.1 Å². The van der Waals surface area contributed by atoms with E-state index in [2.05, 4.69) is 27.2 Å². The molecule has 0 aliphatic carbocycles. The molecule has 0 bridgehead atoms. The first-order valence-corrected chi connectivity index (χ1v) is 9.72. The number of hydrogen-bond acceptors (Lipinski definition) is 5. The highest BCUT2D eigenvalue weighted by molar-refractivity contribution is 6.10. The molecule has 0 radical (unpaired) electrons. The maximum absolute atomic E-state index is 13.7. The maximum atomic E-state index is 13.7. The second kappa shape index (κ2) is 10.3. The van der Waals surface area contributed by atoms with E-state index in [-0.39, 0.29) is 19.1 Å². The fourth-order valence-corrected chi connectivity index (χ4v) is 2.85. The van der Waals surface area contributed by atoms with Gasteiger partial charge in [-0.2, -0.15) is 0 Å². The maximum Gasteiger partial charge on any atom is 0.253 e. The molecule has 1 unspecified atom stereocenters. The number of alkyl halides is 2. The van der Waals surface area contributed by atoms with Crippen molar-refractivity contribution < 1.29 is 13.5 Å². The summed E-state index contributed by atoms with van der Waals surface area (Å²) in [6, 6.07) is 2.00. The molecule has 2 rings (SSSR count). The van der Waals surface area contributed by atoms with Crippen molar-refractivity contribution in [2.24, 2.45) is 10.9 Å². The average molecular weight is 405 g/mol. The molecule has 1 aromatic heterocycles. The molecular formula is C22H30F2N4O. The fourth-order valence-electron chi connectivity index (χ4n) is 2.85. The molecule has 0 amide bonds. The highest BCUT2D eigenvalue weighted by Gasteiger charge is 2.32. The second-order valence-corrected chi connectivity index (χ2v) is 7.29. The Bertz CT molecular complexity index is 800. The monoisotopic (exact) mass is 404 g/mol. The summed E-state index contributed by atoms with van der Waals surface area (Å²) in [7, 11) is 1.89. The van der Waals surface area contributed by atoms with Crippen molar-refractivity contribution >= 4 is 5.71 Å². The first-order valence-electron chi connectivity index (χ1n) is 9.72. The van der Waals surface area contributed by atoms with Crippen molar-refractivity contribution in [2.75, 3.05) is 13.7 Å². The van der Waals surface area contributed by atoms with Crippen LogP contribution in [0, 0.1) is 12.8 Å². The Morgan fingerprint density at radius 3 is 2.76 bits per heavy atom. The zero-order valence-corrected chi connectivity index (χ0v) is 17.5. The number of halogens is 2. The molecule has 0 aromatic carbocycles. The van der Waals surface area contributed by atoms with Crippen LogP contribution in [-0.2, 0) is 6.54 Å². The summed E-state index contributed by atoms with van der Waals surface area (Å²) in [5.74, 6) is -3.06. The Hall–Kier alpha value is -2.54. The molecule has 1 aliphatic heterocycles. The Labute approximate surface area is 171 Å². The molecule has 1 aromatic rings. The van der Waals surface area contributed by atoms with Crippen LogP contribution in [0.15, 0.2) is 54.0 Å². The van der Waals surface area contributed by atoms with Gasteiger partial charge in [-0.3, -0.25) is 4.99 Å². The number of nitrogens with zero attached hydrogens (tertiary/aromatic N) is 2. The van der Waals surface area contributed by atoms with E-state index >= 15 is 0 Å². The molecular weight excluding hydrogens is 374 g/mol.